The first-order valence-corrected chi connectivity index (χ1v) is 12.2. The molecule has 1 fully saturated rings. The van der Waals surface area contributed by atoms with Crippen molar-refractivity contribution < 1.29 is 28.5 Å². The quantitative estimate of drug-likeness (QED) is 0.533. The van der Waals surface area contributed by atoms with Gasteiger partial charge in [0.2, 0.25) is 5.91 Å². The smallest absolute Gasteiger partial charge is 0.254 e. The fraction of sp³-hybridized carbons (Fsp3) is 0.481. The molecule has 0 spiro atoms. The zero-order chi connectivity index (χ0) is 25.7. The number of benzene rings is 2. The Kier molecular flexibility index (Phi) is 8.32. The van der Waals surface area contributed by atoms with Crippen molar-refractivity contribution in [2.75, 3.05) is 67.8 Å². The molecule has 0 aromatic heterocycles. The third kappa shape index (κ3) is 5.27. The van der Waals surface area contributed by atoms with Gasteiger partial charge in [0, 0.05) is 32.2 Å². The van der Waals surface area contributed by atoms with E-state index < -0.39 is 12.0 Å². The topological polar surface area (TPSA) is 89.6 Å². The Morgan fingerprint density at radius 3 is 2.33 bits per heavy atom. The monoisotopic (exact) mass is 497 g/mol. The molecular weight excluding hydrogens is 462 g/mol. The normalized spacial score (nSPS) is 20.0. The molecule has 9 nitrogen and oxygen atoms in total. The summed E-state index contributed by atoms with van der Waals surface area (Å²) in [5.74, 6) is 0.699. The van der Waals surface area contributed by atoms with Crippen LogP contribution in [0, 0.1) is 0 Å². The van der Waals surface area contributed by atoms with E-state index in [0.717, 1.165) is 44.8 Å². The van der Waals surface area contributed by atoms with Gasteiger partial charge < -0.3 is 29.2 Å². The summed E-state index contributed by atoms with van der Waals surface area (Å²) in [5, 5.41) is 3.13. The van der Waals surface area contributed by atoms with Crippen LogP contribution < -0.4 is 19.5 Å². The molecule has 2 aliphatic rings. The van der Waals surface area contributed by atoms with E-state index in [1.54, 1.807) is 38.3 Å². The van der Waals surface area contributed by atoms with Crippen LogP contribution in [0.1, 0.15) is 39.9 Å². The summed E-state index contributed by atoms with van der Waals surface area (Å²) in [6.07, 6.45) is 0.833. The fourth-order valence-electron chi connectivity index (χ4n) is 5.00. The zero-order valence-corrected chi connectivity index (χ0v) is 21.4. The van der Waals surface area contributed by atoms with Crippen molar-refractivity contribution in [3.63, 3.8) is 0 Å². The molecule has 0 radical (unpaired) electrons. The first-order valence-electron chi connectivity index (χ1n) is 12.2. The van der Waals surface area contributed by atoms with Crippen molar-refractivity contribution in [3.05, 3.63) is 53.1 Å². The molecule has 1 N–H and O–H groups in total. The van der Waals surface area contributed by atoms with Gasteiger partial charge in [0.15, 0.2) is 11.5 Å². The maximum atomic E-state index is 13.7. The number of hydrogen-bond acceptors (Lipinski definition) is 7. The highest BCUT2D eigenvalue weighted by Gasteiger charge is 2.43. The van der Waals surface area contributed by atoms with Crippen molar-refractivity contribution in [2.45, 2.75) is 18.4 Å². The molecule has 2 amide bonds. The summed E-state index contributed by atoms with van der Waals surface area (Å²) in [6.45, 7) is 4.77. The van der Waals surface area contributed by atoms with Crippen molar-refractivity contribution >= 4 is 11.8 Å². The van der Waals surface area contributed by atoms with Gasteiger partial charge in [-0.1, -0.05) is 12.1 Å². The lowest BCUT2D eigenvalue weighted by Gasteiger charge is -2.40. The van der Waals surface area contributed by atoms with E-state index in [1.807, 2.05) is 24.3 Å². The predicted molar refractivity (Wildman–Crippen MR) is 135 cm³/mol. The molecular formula is C27H35N3O6. The van der Waals surface area contributed by atoms with Crippen LogP contribution in [-0.4, -0.2) is 89.4 Å². The molecule has 2 aliphatic heterocycles. The SMILES string of the molecule is COc1ccc([C@H]2[C@@H](C(=O)NCCCN3CCOCC3)c3cc(OC)c(OC)cc3C(=O)N2C)cc1. The van der Waals surface area contributed by atoms with Gasteiger partial charge in [0.25, 0.3) is 5.91 Å². The van der Waals surface area contributed by atoms with E-state index in [-0.39, 0.29) is 11.8 Å². The highest BCUT2D eigenvalue weighted by molar-refractivity contribution is 6.02. The number of nitrogens with one attached hydrogen (secondary N) is 1. The second-order valence-electron chi connectivity index (χ2n) is 9.00. The van der Waals surface area contributed by atoms with Gasteiger partial charge in [-0.05, 0) is 48.4 Å². The molecule has 2 heterocycles. The van der Waals surface area contributed by atoms with Crippen molar-refractivity contribution in [1.82, 2.24) is 15.1 Å². The van der Waals surface area contributed by atoms with Crippen LogP contribution in [0.5, 0.6) is 17.2 Å². The number of methoxy groups -OCH3 is 3. The summed E-state index contributed by atoms with van der Waals surface area (Å²) in [6, 6.07) is 10.4. The van der Waals surface area contributed by atoms with E-state index in [2.05, 4.69) is 10.2 Å². The third-order valence-corrected chi connectivity index (χ3v) is 6.97. The average Bonchev–Trinajstić information content (AvgIpc) is 2.92. The van der Waals surface area contributed by atoms with Gasteiger partial charge >= 0.3 is 0 Å². The Bertz CT molecular complexity index is 1070. The number of ether oxygens (including phenoxy) is 4. The van der Waals surface area contributed by atoms with Crippen molar-refractivity contribution in [2.24, 2.45) is 0 Å². The standard InChI is InChI=1S/C27H35N3O6/c1-29-25(18-6-8-19(33-2)9-7-18)24(26(31)28-10-5-11-30-12-14-36-15-13-30)20-16-22(34-3)23(35-4)17-21(20)27(29)32/h6-9,16-17,24-25H,5,10-15H2,1-4H3,(H,28,31)/t24-,25-/m0/s1. The molecule has 0 aliphatic carbocycles. The first-order chi connectivity index (χ1) is 17.5. The number of fused-ring (bicyclic) bond motifs is 1. The maximum absolute atomic E-state index is 13.7. The van der Waals surface area contributed by atoms with Crippen LogP contribution in [0.3, 0.4) is 0 Å². The van der Waals surface area contributed by atoms with Gasteiger partial charge in [0.05, 0.1) is 46.5 Å². The van der Waals surface area contributed by atoms with E-state index in [1.165, 1.54) is 7.11 Å². The number of rotatable bonds is 9. The van der Waals surface area contributed by atoms with Gasteiger partial charge in [-0.3, -0.25) is 14.5 Å². The van der Waals surface area contributed by atoms with Gasteiger partial charge in [-0.25, -0.2) is 0 Å². The van der Waals surface area contributed by atoms with Crippen LogP contribution in [0.15, 0.2) is 36.4 Å². The minimum absolute atomic E-state index is 0.134. The highest BCUT2D eigenvalue weighted by atomic mass is 16.5. The van der Waals surface area contributed by atoms with Crippen molar-refractivity contribution in [3.8, 4) is 17.2 Å². The van der Waals surface area contributed by atoms with E-state index >= 15 is 0 Å². The number of carbonyl (C=O) groups is 2. The Morgan fingerprint density at radius 1 is 1.03 bits per heavy atom. The molecule has 194 valence electrons. The molecule has 36 heavy (non-hydrogen) atoms. The third-order valence-electron chi connectivity index (χ3n) is 6.97. The van der Waals surface area contributed by atoms with Crippen LogP contribution in [0.4, 0.5) is 0 Å². The molecule has 0 bridgehead atoms. The molecule has 0 saturated carbocycles. The number of amides is 2. The summed E-state index contributed by atoms with van der Waals surface area (Å²) < 4.78 is 21.7. The van der Waals surface area contributed by atoms with Gasteiger partial charge in [-0.2, -0.15) is 0 Å². The Morgan fingerprint density at radius 2 is 1.69 bits per heavy atom. The summed E-state index contributed by atoms with van der Waals surface area (Å²) in [4.78, 5) is 31.2. The Labute approximate surface area is 212 Å². The summed E-state index contributed by atoms with van der Waals surface area (Å²) >= 11 is 0. The van der Waals surface area contributed by atoms with E-state index in [4.69, 9.17) is 18.9 Å². The lowest BCUT2D eigenvalue weighted by Crippen LogP contribution is -2.46. The van der Waals surface area contributed by atoms with Crippen LogP contribution >= 0.6 is 0 Å². The molecule has 4 rings (SSSR count). The Balaban J connectivity index is 1.64. The number of morpholine rings is 1. The van der Waals surface area contributed by atoms with Gasteiger partial charge in [-0.15, -0.1) is 0 Å². The lowest BCUT2D eigenvalue weighted by molar-refractivity contribution is -0.124. The molecule has 2 aromatic carbocycles. The van der Waals surface area contributed by atoms with E-state index in [9.17, 15) is 9.59 Å². The summed E-state index contributed by atoms with van der Waals surface area (Å²) in [7, 11) is 6.41. The van der Waals surface area contributed by atoms with Crippen molar-refractivity contribution in [1.29, 1.82) is 0 Å². The molecule has 2 aromatic rings. The largest absolute Gasteiger partial charge is 0.497 e. The highest BCUT2D eigenvalue weighted by Crippen LogP contribution is 2.45. The number of hydrogen-bond donors (Lipinski definition) is 1. The predicted octanol–water partition coefficient (Wildman–Crippen LogP) is 2.46. The molecule has 2 atom stereocenters. The van der Waals surface area contributed by atoms with Crippen LogP contribution in [0.2, 0.25) is 0 Å². The van der Waals surface area contributed by atoms with Crippen LogP contribution in [-0.2, 0) is 9.53 Å². The molecule has 9 heteroatoms. The zero-order valence-electron chi connectivity index (χ0n) is 21.4. The number of nitrogens with zero attached hydrogens (tertiary/aromatic N) is 2. The molecule has 0 unspecified atom stereocenters. The average molecular weight is 498 g/mol. The fourth-order valence-corrected chi connectivity index (χ4v) is 5.00. The second kappa shape index (κ2) is 11.6. The number of likely N-dealkylation sites (N-methyl/N-ethyl adjacent to an activating group) is 1. The van der Waals surface area contributed by atoms with E-state index in [0.29, 0.717) is 34.9 Å². The number of carbonyl (C=O) groups excluding carboxylic acids is 2. The van der Waals surface area contributed by atoms with Crippen LogP contribution in [0.25, 0.3) is 0 Å². The lowest BCUT2D eigenvalue weighted by atomic mass is 9.79. The minimum atomic E-state index is -0.626. The second-order valence-corrected chi connectivity index (χ2v) is 9.00. The first kappa shape index (κ1) is 25.8. The molecule has 1 saturated heterocycles. The maximum Gasteiger partial charge on any atom is 0.254 e. The minimum Gasteiger partial charge on any atom is -0.497 e. The summed E-state index contributed by atoms with van der Waals surface area (Å²) in [5.41, 5.74) is 1.91. The Hall–Kier alpha value is -3.30. The van der Waals surface area contributed by atoms with Gasteiger partial charge in [0.1, 0.15) is 5.75 Å².